The van der Waals surface area contributed by atoms with Gasteiger partial charge in [0.25, 0.3) is 5.82 Å². The predicted octanol–water partition coefficient (Wildman–Crippen LogP) is 3.96. The highest BCUT2D eigenvalue weighted by Gasteiger charge is 2.43. The number of ketones is 1. The zero-order valence-electron chi connectivity index (χ0n) is 15.4. The minimum atomic E-state index is -4.68. The van der Waals surface area contributed by atoms with Crippen molar-refractivity contribution in [1.29, 1.82) is 0 Å². The predicted molar refractivity (Wildman–Crippen MR) is 94.8 cm³/mol. The lowest BCUT2D eigenvalue weighted by Crippen LogP contribution is -2.33. The van der Waals surface area contributed by atoms with Crippen molar-refractivity contribution in [2.24, 2.45) is 5.92 Å². The molecule has 2 aliphatic rings. The van der Waals surface area contributed by atoms with Crippen LogP contribution < -0.4 is 10.1 Å². The largest absolute Gasteiger partial charge is 0.494 e. The van der Waals surface area contributed by atoms with Gasteiger partial charge in [-0.25, -0.2) is 4.68 Å². The number of anilines is 1. The average Bonchev–Trinajstić information content (AvgIpc) is 3.04. The molecule has 1 aliphatic heterocycles. The number of halogens is 3. The Labute approximate surface area is 159 Å². The summed E-state index contributed by atoms with van der Waals surface area (Å²) in [4.78, 5) is 16.5. The Balaban J connectivity index is 1.89. The van der Waals surface area contributed by atoms with E-state index in [9.17, 15) is 18.0 Å². The number of nitrogens with one attached hydrogen (secondary N) is 1. The summed E-state index contributed by atoms with van der Waals surface area (Å²) in [6, 6.07) is 6.22. The van der Waals surface area contributed by atoms with E-state index in [1.165, 1.54) is 0 Å². The molecule has 0 saturated heterocycles. The first-order chi connectivity index (χ1) is 13.3. The van der Waals surface area contributed by atoms with E-state index in [-0.39, 0.29) is 17.6 Å². The van der Waals surface area contributed by atoms with Crippen LogP contribution in [0, 0.1) is 5.92 Å². The molecule has 2 atom stereocenters. The van der Waals surface area contributed by atoms with Gasteiger partial charge in [0, 0.05) is 17.7 Å². The Morgan fingerprint density at radius 3 is 2.82 bits per heavy atom. The van der Waals surface area contributed by atoms with Gasteiger partial charge in [-0.2, -0.15) is 18.2 Å². The molecule has 6 nitrogen and oxygen atoms in total. The molecule has 0 unspecified atom stereocenters. The van der Waals surface area contributed by atoms with E-state index in [1.54, 1.807) is 24.3 Å². The summed E-state index contributed by atoms with van der Waals surface area (Å²) >= 11 is 0. The van der Waals surface area contributed by atoms with E-state index >= 15 is 0 Å². The van der Waals surface area contributed by atoms with Crippen molar-refractivity contribution in [2.75, 3.05) is 11.9 Å². The summed E-state index contributed by atoms with van der Waals surface area (Å²) < 4.78 is 46.3. The molecule has 1 N–H and O–H groups in total. The fourth-order valence-corrected chi connectivity index (χ4v) is 3.78. The number of Topliss-reactive ketones (excluding diaryl/α,β-unsaturated/α-hetero) is 1. The second-order valence-corrected chi connectivity index (χ2v) is 7.06. The molecule has 0 radical (unpaired) electrons. The van der Waals surface area contributed by atoms with Crippen LogP contribution in [0.1, 0.15) is 44.1 Å². The molecule has 4 rings (SSSR count). The number of alkyl halides is 3. The number of carbonyl (C=O) groups excluding carboxylic acids is 1. The monoisotopic (exact) mass is 392 g/mol. The minimum absolute atomic E-state index is 0.0141. The topological polar surface area (TPSA) is 69.0 Å². The third kappa shape index (κ3) is 3.14. The van der Waals surface area contributed by atoms with Gasteiger partial charge in [-0.1, -0.05) is 19.1 Å². The maximum absolute atomic E-state index is 13.2. The fourth-order valence-electron chi connectivity index (χ4n) is 3.78. The van der Waals surface area contributed by atoms with Crippen LogP contribution in [0.2, 0.25) is 0 Å². The molecule has 0 saturated carbocycles. The van der Waals surface area contributed by atoms with Crippen LogP contribution in [0.15, 0.2) is 35.5 Å². The Morgan fingerprint density at radius 2 is 2.11 bits per heavy atom. The number of benzene rings is 1. The molecule has 0 amide bonds. The molecular formula is C19H19F3N4O2. The SMILES string of the molecule is CCOc1cccc([C@@H]2C3=C(C[C@H](C)CC3=O)Nc3nc(C(F)(F)F)nn32)c1. The Hall–Kier alpha value is -2.84. The first-order valence-electron chi connectivity index (χ1n) is 9.07. The standard InChI is InChI=1S/C19H19F3N4O2/c1-3-28-12-6-4-5-11(9-12)16-15-13(7-10(2)8-14(15)27)23-18-24-17(19(20,21)22)25-26(16)18/h4-6,9-10,16H,3,7-8H2,1-2H3,(H,23,24,25)/t10-,16+/m0/s1. The molecule has 0 bridgehead atoms. The van der Waals surface area contributed by atoms with Crippen LogP contribution in [-0.4, -0.2) is 27.2 Å². The van der Waals surface area contributed by atoms with Crippen LogP contribution >= 0.6 is 0 Å². The number of hydrogen-bond donors (Lipinski definition) is 1. The van der Waals surface area contributed by atoms with Crippen molar-refractivity contribution in [1.82, 2.24) is 14.8 Å². The van der Waals surface area contributed by atoms with E-state index in [1.807, 2.05) is 13.8 Å². The van der Waals surface area contributed by atoms with Crippen LogP contribution in [-0.2, 0) is 11.0 Å². The quantitative estimate of drug-likeness (QED) is 0.856. The first-order valence-corrected chi connectivity index (χ1v) is 9.07. The number of nitrogens with zero attached hydrogens (tertiary/aromatic N) is 3. The van der Waals surface area contributed by atoms with Crippen LogP contribution in [0.4, 0.5) is 19.1 Å². The van der Waals surface area contributed by atoms with E-state index in [4.69, 9.17) is 4.74 Å². The lowest BCUT2D eigenvalue weighted by molar-refractivity contribution is -0.145. The molecule has 148 valence electrons. The highest BCUT2D eigenvalue weighted by atomic mass is 19.4. The second kappa shape index (κ2) is 6.65. The van der Waals surface area contributed by atoms with Crippen molar-refractivity contribution >= 4 is 11.7 Å². The number of rotatable bonds is 3. The lowest BCUT2D eigenvalue weighted by atomic mass is 9.81. The van der Waals surface area contributed by atoms with Gasteiger partial charge < -0.3 is 10.1 Å². The van der Waals surface area contributed by atoms with Crippen molar-refractivity contribution in [3.8, 4) is 5.75 Å². The summed E-state index contributed by atoms with van der Waals surface area (Å²) in [5, 5.41) is 6.60. The van der Waals surface area contributed by atoms with Crippen LogP contribution in [0.5, 0.6) is 5.75 Å². The van der Waals surface area contributed by atoms with Crippen molar-refractivity contribution in [3.63, 3.8) is 0 Å². The molecular weight excluding hydrogens is 373 g/mol. The zero-order valence-corrected chi connectivity index (χ0v) is 15.4. The molecule has 2 aromatic rings. The average molecular weight is 392 g/mol. The summed E-state index contributed by atoms with van der Waals surface area (Å²) in [7, 11) is 0. The maximum atomic E-state index is 13.2. The first kappa shape index (κ1) is 18.5. The zero-order chi connectivity index (χ0) is 20.1. The van der Waals surface area contributed by atoms with Gasteiger partial charge in [0.2, 0.25) is 5.95 Å². The van der Waals surface area contributed by atoms with Gasteiger partial charge in [0.1, 0.15) is 11.8 Å². The third-order valence-electron chi connectivity index (χ3n) is 4.86. The van der Waals surface area contributed by atoms with Gasteiger partial charge >= 0.3 is 6.18 Å². The number of ether oxygens (including phenoxy) is 1. The van der Waals surface area contributed by atoms with Crippen molar-refractivity contribution < 1.29 is 22.7 Å². The second-order valence-electron chi connectivity index (χ2n) is 7.06. The number of carbonyl (C=O) groups is 1. The van der Waals surface area contributed by atoms with Crippen LogP contribution in [0.25, 0.3) is 0 Å². The summed E-state index contributed by atoms with van der Waals surface area (Å²) in [5.74, 6) is -0.662. The highest BCUT2D eigenvalue weighted by Crippen LogP contribution is 2.42. The number of aromatic nitrogens is 3. The van der Waals surface area contributed by atoms with E-state index in [2.05, 4.69) is 15.4 Å². The third-order valence-corrected chi connectivity index (χ3v) is 4.86. The molecule has 9 heteroatoms. The maximum Gasteiger partial charge on any atom is 0.453 e. The van der Waals surface area contributed by atoms with E-state index in [0.29, 0.717) is 42.0 Å². The Morgan fingerprint density at radius 1 is 1.32 bits per heavy atom. The highest BCUT2D eigenvalue weighted by molar-refractivity contribution is 5.99. The fraction of sp³-hybridized carbons (Fsp3) is 0.421. The van der Waals surface area contributed by atoms with Crippen molar-refractivity contribution in [3.05, 3.63) is 46.9 Å². The Bertz CT molecular complexity index is 964. The number of allylic oxidation sites excluding steroid dienone is 2. The van der Waals surface area contributed by atoms with Gasteiger partial charge in [-0.15, -0.1) is 5.10 Å². The number of fused-ring (bicyclic) bond motifs is 1. The van der Waals surface area contributed by atoms with E-state index in [0.717, 1.165) is 4.68 Å². The smallest absolute Gasteiger partial charge is 0.453 e. The summed E-state index contributed by atoms with van der Waals surface area (Å²) in [5.41, 5.74) is 1.68. The normalized spacial score (nSPS) is 21.8. The molecule has 1 aromatic carbocycles. The summed E-state index contributed by atoms with van der Waals surface area (Å²) in [6.07, 6.45) is -3.77. The number of hydrogen-bond acceptors (Lipinski definition) is 5. The lowest BCUT2D eigenvalue weighted by Gasteiger charge is -2.34. The molecule has 2 heterocycles. The molecule has 0 fully saturated rings. The molecule has 28 heavy (non-hydrogen) atoms. The molecule has 0 spiro atoms. The minimum Gasteiger partial charge on any atom is -0.494 e. The van der Waals surface area contributed by atoms with E-state index < -0.39 is 18.0 Å². The van der Waals surface area contributed by atoms with Gasteiger partial charge in [0.15, 0.2) is 5.78 Å². The molecule has 1 aliphatic carbocycles. The van der Waals surface area contributed by atoms with Crippen molar-refractivity contribution in [2.45, 2.75) is 38.9 Å². The van der Waals surface area contributed by atoms with Gasteiger partial charge in [-0.3, -0.25) is 4.79 Å². The van der Waals surface area contributed by atoms with Gasteiger partial charge in [-0.05, 0) is 37.0 Å². The summed E-state index contributed by atoms with van der Waals surface area (Å²) in [6.45, 7) is 4.23. The molecule has 1 aromatic heterocycles. The van der Waals surface area contributed by atoms with Gasteiger partial charge in [0.05, 0.1) is 6.61 Å². The van der Waals surface area contributed by atoms with Crippen LogP contribution in [0.3, 0.4) is 0 Å². The Kier molecular flexibility index (Phi) is 4.40.